The smallest absolute Gasteiger partial charge is 0.240 e. The summed E-state index contributed by atoms with van der Waals surface area (Å²) in [5, 5.41) is 6.68. The number of amides is 2. The number of ketones is 2. The van der Waals surface area contributed by atoms with Gasteiger partial charge >= 0.3 is 0 Å². The van der Waals surface area contributed by atoms with Crippen LogP contribution in [0.2, 0.25) is 5.02 Å². The maximum atomic E-state index is 13.9. The Labute approximate surface area is 212 Å². The Kier molecular flexibility index (Phi) is 5.12. The van der Waals surface area contributed by atoms with Gasteiger partial charge in [-0.15, -0.1) is 0 Å². The van der Waals surface area contributed by atoms with Crippen molar-refractivity contribution in [3.05, 3.63) is 100 Å². The summed E-state index contributed by atoms with van der Waals surface area (Å²) in [5.41, 5.74) is 2.95. The molecule has 6 rings (SSSR count). The molecule has 0 N–H and O–H groups in total. The topological polar surface area (TPSA) is 87.1 Å². The van der Waals surface area contributed by atoms with Crippen molar-refractivity contribution in [3.8, 4) is 0 Å². The summed E-state index contributed by atoms with van der Waals surface area (Å²) in [5.74, 6) is -2.94. The second-order valence-electron chi connectivity index (χ2n) is 9.18. The van der Waals surface area contributed by atoms with Crippen LogP contribution in [0.1, 0.15) is 44.8 Å². The fraction of sp³-hybridized carbons (Fsp3) is 0.179. The minimum atomic E-state index is -0.955. The normalized spacial score (nSPS) is 23.9. The lowest BCUT2D eigenvalue weighted by Gasteiger charge is -2.33. The van der Waals surface area contributed by atoms with Crippen LogP contribution in [0.5, 0.6) is 0 Å². The lowest BCUT2D eigenvalue weighted by Crippen LogP contribution is -2.44. The molecule has 8 heteroatoms. The second-order valence-corrected chi connectivity index (χ2v) is 9.62. The molecule has 2 saturated heterocycles. The Morgan fingerprint density at radius 2 is 1.47 bits per heavy atom. The standard InChI is InChI=1S/C28H20ClN3O4/c1-15(33)16-8-12-20(13-9-16)31-27(35)22-23(28(31)36)25(26(34)17-6-10-19(29)11-7-17)32-24(22)21-5-3-2-4-18(21)14-30-32/h2-14,22-25H,1H3/t22-,23+,24+,25-/m0/s1. The number of Topliss-reactive ketones (excluding diaryl/α,β-unsaturated/α-hetero) is 2. The van der Waals surface area contributed by atoms with E-state index in [4.69, 9.17) is 11.6 Å². The third-order valence-corrected chi connectivity index (χ3v) is 7.47. The SMILES string of the molecule is CC(=O)c1ccc(N2C(=O)[C@@H]3[C@H](C2=O)[C@H]2c4ccccc4C=NN2[C@@H]3C(=O)c2ccc(Cl)cc2)cc1. The molecular formula is C28H20ClN3O4. The summed E-state index contributed by atoms with van der Waals surface area (Å²) in [6, 6.07) is 18.9. The van der Waals surface area contributed by atoms with E-state index in [0.29, 0.717) is 21.8 Å². The van der Waals surface area contributed by atoms with Gasteiger partial charge in [0.1, 0.15) is 6.04 Å². The number of fused-ring (bicyclic) bond motifs is 5. The fourth-order valence-corrected chi connectivity index (χ4v) is 5.68. The lowest BCUT2D eigenvalue weighted by molar-refractivity contribution is -0.124. The largest absolute Gasteiger partial charge is 0.295 e. The van der Waals surface area contributed by atoms with Gasteiger partial charge in [-0.2, -0.15) is 5.10 Å². The molecule has 3 aliphatic heterocycles. The molecule has 0 bridgehead atoms. The Bertz CT molecular complexity index is 1460. The average Bonchev–Trinajstić information content (AvgIpc) is 3.36. The van der Waals surface area contributed by atoms with E-state index in [-0.39, 0.29) is 17.5 Å². The van der Waals surface area contributed by atoms with Gasteiger partial charge in [-0.05, 0) is 66.6 Å². The molecule has 3 heterocycles. The van der Waals surface area contributed by atoms with Crippen LogP contribution in [0.25, 0.3) is 0 Å². The molecule has 2 fully saturated rings. The zero-order chi connectivity index (χ0) is 25.1. The molecule has 7 nitrogen and oxygen atoms in total. The third kappa shape index (κ3) is 3.23. The van der Waals surface area contributed by atoms with Crippen molar-refractivity contribution in [1.82, 2.24) is 5.01 Å². The number of imide groups is 1. The molecule has 4 atom stereocenters. The Balaban J connectivity index is 1.47. The second kappa shape index (κ2) is 8.24. The molecule has 0 radical (unpaired) electrons. The van der Waals surface area contributed by atoms with Gasteiger partial charge in [0.05, 0.1) is 29.8 Å². The minimum absolute atomic E-state index is 0.113. The van der Waals surface area contributed by atoms with Gasteiger partial charge in [0.25, 0.3) is 0 Å². The summed E-state index contributed by atoms with van der Waals surface area (Å²) in [7, 11) is 0. The van der Waals surface area contributed by atoms with Crippen molar-refractivity contribution in [2.75, 3.05) is 4.90 Å². The van der Waals surface area contributed by atoms with Crippen molar-refractivity contribution in [3.63, 3.8) is 0 Å². The maximum absolute atomic E-state index is 13.9. The number of carbonyl (C=O) groups excluding carboxylic acids is 4. The summed E-state index contributed by atoms with van der Waals surface area (Å²) in [6.45, 7) is 1.45. The van der Waals surface area contributed by atoms with Crippen LogP contribution in [-0.2, 0) is 9.59 Å². The fourth-order valence-electron chi connectivity index (χ4n) is 5.55. The zero-order valence-corrected chi connectivity index (χ0v) is 19.9. The first-order valence-corrected chi connectivity index (χ1v) is 11.9. The number of hydrogen-bond acceptors (Lipinski definition) is 6. The molecule has 3 aromatic rings. The van der Waals surface area contributed by atoms with Gasteiger partial charge in [-0.1, -0.05) is 35.9 Å². The molecule has 3 aliphatic rings. The Morgan fingerprint density at radius 3 is 2.17 bits per heavy atom. The molecule has 36 heavy (non-hydrogen) atoms. The van der Waals surface area contributed by atoms with Gasteiger partial charge in [-0.25, -0.2) is 4.90 Å². The van der Waals surface area contributed by atoms with Crippen LogP contribution in [0.4, 0.5) is 5.69 Å². The number of rotatable bonds is 4. The number of halogens is 1. The first kappa shape index (κ1) is 22.4. The molecular weight excluding hydrogens is 478 g/mol. The molecule has 2 amide bonds. The molecule has 178 valence electrons. The van der Waals surface area contributed by atoms with Crippen LogP contribution in [0.15, 0.2) is 77.9 Å². The molecule has 3 aromatic carbocycles. The van der Waals surface area contributed by atoms with Gasteiger partial charge in [-0.3, -0.25) is 24.2 Å². The maximum Gasteiger partial charge on any atom is 0.240 e. The van der Waals surface area contributed by atoms with Gasteiger partial charge in [0.2, 0.25) is 11.8 Å². The molecule has 0 unspecified atom stereocenters. The van der Waals surface area contributed by atoms with E-state index >= 15 is 0 Å². The van der Waals surface area contributed by atoms with E-state index in [1.54, 1.807) is 59.8 Å². The zero-order valence-electron chi connectivity index (χ0n) is 19.2. The number of nitrogens with zero attached hydrogens (tertiary/aromatic N) is 3. The highest BCUT2D eigenvalue weighted by Gasteiger charge is 2.65. The number of benzene rings is 3. The summed E-state index contributed by atoms with van der Waals surface area (Å²) < 4.78 is 0. The number of anilines is 1. The minimum Gasteiger partial charge on any atom is -0.295 e. The monoisotopic (exact) mass is 497 g/mol. The molecule has 0 aliphatic carbocycles. The van der Waals surface area contributed by atoms with Crippen molar-refractivity contribution in [1.29, 1.82) is 0 Å². The van der Waals surface area contributed by atoms with Crippen molar-refractivity contribution < 1.29 is 19.2 Å². The van der Waals surface area contributed by atoms with Crippen molar-refractivity contribution in [2.45, 2.75) is 19.0 Å². The Hall–Kier alpha value is -4.10. The van der Waals surface area contributed by atoms with Crippen LogP contribution in [-0.4, -0.2) is 40.6 Å². The number of hydrogen-bond donors (Lipinski definition) is 0. The molecule has 0 aromatic heterocycles. The highest BCUT2D eigenvalue weighted by atomic mass is 35.5. The van der Waals surface area contributed by atoms with Crippen molar-refractivity contribution >= 4 is 46.9 Å². The van der Waals surface area contributed by atoms with E-state index in [1.165, 1.54) is 6.92 Å². The van der Waals surface area contributed by atoms with Gasteiger partial charge < -0.3 is 0 Å². The average molecular weight is 498 g/mol. The van der Waals surface area contributed by atoms with Gasteiger partial charge in [0.15, 0.2) is 11.6 Å². The van der Waals surface area contributed by atoms with Crippen LogP contribution >= 0.6 is 11.6 Å². The number of carbonyl (C=O) groups is 4. The third-order valence-electron chi connectivity index (χ3n) is 7.22. The van der Waals surface area contributed by atoms with Gasteiger partial charge in [0, 0.05) is 16.1 Å². The quantitative estimate of drug-likeness (QED) is 0.396. The number of hydrazone groups is 1. The van der Waals surface area contributed by atoms with E-state index < -0.39 is 29.8 Å². The van der Waals surface area contributed by atoms with E-state index in [1.807, 2.05) is 24.3 Å². The molecule has 0 spiro atoms. The first-order chi connectivity index (χ1) is 17.4. The highest BCUT2D eigenvalue weighted by molar-refractivity contribution is 6.30. The highest BCUT2D eigenvalue weighted by Crippen LogP contribution is 2.53. The lowest BCUT2D eigenvalue weighted by atomic mass is 9.83. The summed E-state index contributed by atoms with van der Waals surface area (Å²) in [4.78, 5) is 54.4. The van der Waals surface area contributed by atoms with Crippen LogP contribution in [0, 0.1) is 11.8 Å². The van der Waals surface area contributed by atoms with E-state index in [2.05, 4.69) is 5.10 Å². The Morgan fingerprint density at radius 1 is 0.833 bits per heavy atom. The predicted molar refractivity (Wildman–Crippen MR) is 134 cm³/mol. The van der Waals surface area contributed by atoms with Crippen LogP contribution in [0.3, 0.4) is 0 Å². The summed E-state index contributed by atoms with van der Waals surface area (Å²) >= 11 is 6.02. The van der Waals surface area contributed by atoms with E-state index in [9.17, 15) is 19.2 Å². The first-order valence-electron chi connectivity index (χ1n) is 11.6. The van der Waals surface area contributed by atoms with E-state index in [0.717, 1.165) is 16.0 Å². The van der Waals surface area contributed by atoms with Crippen LogP contribution < -0.4 is 4.90 Å². The van der Waals surface area contributed by atoms with Crippen molar-refractivity contribution in [2.24, 2.45) is 16.9 Å². The molecule has 0 saturated carbocycles. The predicted octanol–water partition coefficient (Wildman–Crippen LogP) is 4.30. The summed E-state index contributed by atoms with van der Waals surface area (Å²) in [6.07, 6.45) is 1.67.